The molecule has 1 fully saturated rings. The number of aliphatic hydroxyl groups excluding tert-OH is 1. The second kappa shape index (κ2) is 4.72. The van der Waals surface area contributed by atoms with Crippen molar-refractivity contribution < 1.29 is 19.7 Å². The van der Waals surface area contributed by atoms with Gasteiger partial charge in [0.2, 0.25) is 0 Å². The van der Waals surface area contributed by atoms with Crippen LogP contribution in [0.4, 0.5) is 0 Å². The summed E-state index contributed by atoms with van der Waals surface area (Å²) in [6.07, 6.45) is -0.532. The first kappa shape index (κ1) is 11.4. The summed E-state index contributed by atoms with van der Waals surface area (Å²) in [4.78, 5) is 12.8. The molecule has 14 heavy (non-hydrogen) atoms. The molecule has 0 amide bonds. The highest BCUT2D eigenvalue weighted by Crippen LogP contribution is 2.21. The summed E-state index contributed by atoms with van der Waals surface area (Å²) >= 11 is 0. The minimum absolute atomic E-state index is 0.326. The van der Waals surface area contributed by atoms with Crippen molar-refractivity contribution in [2.45, 2.75) is 32.3 Å². The van der Waals surface area contributed by atoms with Gasteiger partial charge in [0, 0.05) is 13.0 Å². The highest BCUT2D eigenvalue weighted by Gasteiger charge is 2.28. The van der Waals surface area contributed by atoms with Gasteiger partial charge in [0.05, 0.1) is 0 Å². The molecule has 0 aromatic heterocycles. The average molecular weight is 203 g/mol. The lowest BCUT2D eigenvalue weighted by Gasteiger charge is -2.35. The number of hydrogen-bond acceptors (Lipinski definition) is 5. The number of carbonyl (C=O) groups is 1. The zero-order valence-corrected chi connectivity index (χ0v) is 8.51. The highest BCUT2D eigenvalue weighted by atomic mass is 16.6. The molecule has 5 nitrogen and oxygen atoms in total. The normalized spacial score (nSPS) is 29.2. The van der Waals surface area contributed by atoms with Crippen LogP contribution < -0.4 is 0 Å². The molecule has 2 atom stereocenters. The van der Waals surface area contributed by atoms with Gasteiger partial charge in [-0.3, -0.25) is 4.90 Å². The van der Waals surface area contributed by atoms with Crippen LogP contribution in [0.2, 0.25) is 0 Å². The Hall–Kier alpha value is -0.650. The number of hydrogen-bond donors (Lipinski definition) is 2. The summed E-state index contributed by atoms with van der Waals surface area (Å²) in [5.41, 5.74) is 0. The van der Waals surface area contributed by atoms with Gasteiger partial charge in [-0.2, -0.15) is 0 Å². The maximum atomic E-state index is 10.9. The first-order valence-electron chi connectivity index (χ1n) is 4.77. The summed E-state index contributed by atoms with van der Waals surface area (Å²) < 4.78 is 4.92. The van der Waals surface area contributed by atoms with Crippen LogP contribution in [-0.2, 0) is 9.53 Å². The number of aliphatic hydroxyl groups is 2. The van der Waals surface area contributed by atoms with Gasteiger partial charge in [0.15, 0.2) is 6.23 Å². The fraction of sp³-hybridized carbons (Fsp3) is 0.889. The molecule has 1 aliphatic heterocycles. The second-order valence-electron chi connectivity index (χ2n) is 3.88. The topological polar surface area (TPSA) is 70.0 Å². The summed E-state index contributed by atoms with van der Waals surface area (Å²) in [6.45, 7) is 2.95. The van der Waals surface area contributed by atoms with Crippen molar-refractivity contribution in [3.8, 4) is 0 Å². The maximum Gasteiger partial charge on any atom is 0.364 e. The van der Waals surface area contributed by atoms with Gasteiger partial charge in [0.25, 0.3) is 6.29 Å². The molecule has 0 spiro atoms. The molecule has 1 aliphatic rings. The number of piperidine rings is 1. The van der Waals surface area contributed by atoms with Gasteiger partial charge in [0.1, 0.15) is 0 Å². The van der Waals surface area contributed by atoms with E-state index in [-0.39, 0.29) is 6.23 Å². The van der Waals surface area contributed by atoms with Gasteiger partial charge in [-0.1, -0.05) is 6.92 Å². The van der Waals surface area contributed by atoms with Gasteiger partial charge in [-0.05, 0) is 19.4 Å². The Morgan fingerprint density at radius 3 is 2.79 bits per heavy atom. The molecule has 2 N–H and O–H groups in total. The summed E-state index contributed by atoms with van der Waals surface area (Å²) in [5.74, 6) is -0.476. The third kappa shape index (κ3) is 2.94. The molecule has 0 aliphatic carbocycles. The molecule has 2 unspecified atom stereocenters. The predicted molar refractivity (Wildman–Crippen MR) is 49.1 cm³/mol. The Morgan fingerprint density at radius 2 is 2.21 bits per heavy atom. The number of carbonyl (C=O) groups excluding carboxylic acids is 1. The second-order valence-corrected chi connectivity index (χ2v) is 3.88. The van der Waals surface area contributed by atoms with Crippen molar-refractivity contribution in [2.75, 3.05) is 13.6 Å². The lowest BCUT2D eigenvalue weighted by molar-refractivity contribution is -0.190. The highest BCUT2D eigenvalue weighted by molar-refractivity contribution is 5.72. The van der Waals surface area contributed by atoms with Crippen molar-refractivity contribution >= 4 is 5.97 Å². The van der Waals surface area contributed by atoms with Crippen LogP contribution in [0.1, 0.15) is 19.8 Å². The van der Waals surface area contributed by atoms with Crippen LogP contribution in [0, 0.1) is 5.92 Å². The van der Waals surface area contributed by atoms with E-state index in [0.29, 0.717) is 5.92 Å². The van der Waals surface area contributed by atoms with Crippen molar-refractivity contribution in [3.63, 3.8) is 0 Å². The van der Waals surface area contributed by atoms with Gasteiger partial charge in [-0.25, -0.2) is 4.79 Å². The molecule has 0 aromatic carbocycles. The van der Waals surface area contributed by atoms with E-state index >= 15 is 0 Å². The molecule has 0 saturated carbocycles. The molecule has 5 heteroatoms. The zero-order chi connectivity index (χ0) is 10.7. The van der Waals surface area contributed by atoms with Crippen molar-refractivity contribution in [3.05, 3.63) is 0 Å². The molecule has 0 radical (unpaired) electrons. The third-order valence-electron chi connectivity index (χ3n) is 2.53. The lowest BCUT2D eigenvalue weighted by atomic mass is 9.98. The Balaban J connectivity index is 2.45. The van der Waals surface area contributed by atoms with E-state index < -0.39 is 12.3 Å². The van der Waals surface area contributed by atoms with E-state index in [1.165, 1.54) is 0 Å². The SMILES string of the molecule is CC1CCN(C)C(OC(=O)C(O)O)C1. The zero-order valence-electron chi connectivity index (χ0n) is 8.51. The molecule has 1 saturated heterocycles. The number of esters is 1. The largest absolute Gasteiger partial charge is 0.443 e. The quantitative estimate of drug-likeness (QED) is 0.469. The van der Waals surface area contributed by atoms with E-state index in [2.05, 4.69) is 6.92 Å². The van der Waals surface area contributed by atoms with E-state index in [1.807, 2.05) is 11.9 Å². The molecular weight excluding hydrogens is 186 g/mol. The first-order valence-corrected chi connectivity index (χ1v) is 4.77. The fourth-order valence-electron chi connectivity index (χ4n) is 1.54. The Labute approximate surface area is 83.3 Å². The summed E-state index contributed by atoms with van der Waals surface area (Å²) in [6, 6.07) is 0. The molecule has 1 rings (SSSR count). The molecule has 1 heterocycles. The lowest BCUT2D eigenvalue weighted by Crippen LogP contribution is -2.43. The van der Waals surface area contributed by atoms with E-state index in [1.54, 1.807) is 0 Å². The van der Waals surface area contributed by atoms with E-state index in [9.17, 15) is 4.79 Å². The molecule has 82 valence electrons. The standard InChI is InChI=1S/C9H17NO4/c1-6-3-4-10(2)7(5-6)14-9(13)8(11)12/h6-8,11-12H,3-5H2,1-2H3. The smallest absolute Gasteiger partial charge is 0.364 e. The number of ether oxygens (including phenoxy) is 1. The first-order chi connectivity index (χ1) is 6.50. The Kier molecular flexibility index (Phi) is 3.86. The number of nitrogens with zero attached hydrogens (tertiary/aromatic N) is 1. The summed E-state index contributed by atoms with van der Waals surface area (Å²) in [7, 11) is 1.85. The van der Waals surface area contributed by atoms with E-state index in [4.69, 9.17) is 14.9 Å². The van der Waals surface area contributed by atoms with Crippen molar-refractivity contribution in [1.82, 2.24) is 4.90 Å². The number of likely N-dealkylation sites (tertiary alicyclic amines) is 1. The van der Waals surface area contributed by atoms with Crippen LogP contribution in [-0.4, -0.2) is 47.2 Å². The van der Waals surface area contributed by atoms with Crippen LogP contribution in [0.5, 0.6) is 0 Å². The maximum absolute atomic E-state index is 10.9. The Bertz CT molecular complexity index is 207. The van der Waals surface area contributed by atoms with E-state index in [0.717, 1.165) is 19.4 Å². The van der Waals surface area contributed by atoms with Crippen LogP contribution in [0.25, 0.3) is 0 Å². The predicted octanol–water partition coefficient (Wildman–Crippen LogP) is -0.472. The average Bonchev–Trinajstić information content (AvgIpc) is 2.11. The van der Waals surface area contributed by atoms with Crippen LogP contribution in [0.3, 0.4) is 0 Å². The summed E-state index contributed by atoms with van der Waals surface area (Å²) in [5, 5.41) is 17.1. The molecule has 0 bridgehead atoms. The fourth-order valence-corrected chi connectivity index (χ4v) is 1.54. The van der Waals surface area contributed by atoms with Gasteiger partial charge >= 0.3 is 5.97 Å². The minimum Gasteiger partial charge on any atom is -0.443 e. The third-order valence-corrected chi connectivity index (χ3v) is 2.53. The minimum atomic E-state index is -2.03. The monoisotopic (exact) mass is 203 g/mol. The van der Waals surface area contributed by atoms with Crippen molar-refractivity contribution in [1.29, 1.82) is 0 Å². The Morgan fingerprint density at radius 1 is 1.57 bits per heavy atom. The van der Waals surface area contributed by atoms with Crippen molar-refractivity contribution in [2.24, 2.45) is 5.92 Å². The van der Waals surface area contributed by atoms with Gasteiger partial charge < -0.3 is 14.9 Å². The molecular formula is C9H17NO4. The van der Waals surface area contributed by atoms with Gasteiger partial charge in [-0.15, -0.1) is 0 Å². The number of rotatable bonds is 2. The van der Waals surface area contributed by atoms with Crippen LogP contribution in [0.15, 0.2) is 0 Å². The van der Waals surface area contributed by atoms with Crippen LogP contribution >= 0.6 is 0 Å². The molecule has 0 aromatic rings.